The number of ether oxygens (including phenoxy) is 1. The van der Waals surface area contributed by atoms with Crippen LogP contribution in [0.3, 0.4) is 0 Å². The molecule has 0 radical (unpaired) electrons. The van der Waals surface area contributed by atoms with Crippen LogP contribution in [0.15, 0.2) is 30.5 Å². The fourth-order valence-corrected chi connectivity index (χ4v) is 1.98. The normalized spacial score (nSPS) is 10.7. The number of carboxylic acid groups (broad SMARTS) is 1. The molecule has 0 unspecified atom stereocenters. The Hall–Kier alpha value is -2.36. The van der Waals surface area contributed by atoms with E-state index in [2.05, 4.69) is 24.9 Å². The van der Waals surface area contributed by atoms with E-state index in [1.807, 2.05) is 19.1 Å². The molecule has 110 valence electrons. The zero-order valence-electron chi connectivity index (χ0n) is 12.7. The van der Waals surface area contributed by atoms with Gasteiger partial charge in [-0.3, -0.25) is 4.98 Å². The van der Waals surface area contributed by atoms with Gasteiger partial charge < -0.3 is 9.84 Å². The topological polar surface area (TPSA) is 59.4 Å². The maximum Gasteiger partial charge on any atom is 0.341 e. The molecule has 0 amide bonds. The molecule has 2 aromatic rings. The lowest BCUT2D eigenvalue weighted by Gasteiger charge is -2.14. The van der Waals surface area contributed by atoms with Crippen LogP contribution in [0.1, 0.15) is 46.9 Å². The van der Waals surface area contributed by atoms with Gasteiger partial charge in [-0.1, -0.05) is 26.0 Å². The molecule has 1 aromatic heterocycles. The minimum atomic E-state index is -1.05. The number of hydrogen-bond donors (Lipinski definition) is 1. The third-order valence-corrected chi connectivity index (χ3v) is 3.33. The average molecular weight is 285 g/mol. The molecule has 1 aromatic carbocycles. The Morgan fingerprint density at radius 3 is 2.52 bits per heavy atom. The Balaban J connectivity index is 2.44. The number of aromatic carboxylic acids is 1. The Bertz CT molecular complexity index is 678. The average Bonchev–Trinajstić information content (AvgIpc) is 2.40. The fraction of sp³-hybridized carbons (Fsp3) is 0.294. The van der Waals surface area contributed by atoms with Crippen molar-refractivity contribution >= 4 is 5.97 Å². The SMILES string of the molecule is Cc1cc(Oc2cc(C(C)C)ccc2C)c(C(=O)O)cn1. The highest BCUT2D eigenvalue weighted by Crippen LogP contribution is 2.30. The number of hydrogen-bond acceptors (Lipinski definition) is 3. The zero-order valence-corrected chi connectivity index (χ0v) is 12.7. The van der Waals surface area contributed by atoms with Gasteiger partial charge in [0, 0.05) is 18.0 Å². The standard InChI is InChI=1S/C17H19NO3/c1-10(2)13-6-5-11(3)15(8-13)21-16-7-12(4)18-9-14(16)17(19)20/h5-10H,1-4H3,(H,19,20). The first kappa shape index (κ1) is 15.0. The van der Waals surface area contributed by atoms with Gasteiger partial charge in [0.15, 0.2) is 0 Å². The molecular formula is C17H19NO3. The Morgan fingerprint density at radius 1 is 1.19 bits per heavy atom. The molecule has 0 aliphatic heterocycles. The number of rotatable bonds is 4. The van der Waals surface area contributed by atoms with Crippen molar-refractivity contribution in [1.82, 2.24) is 4.98 Å². The highest BCUT2D eigenvalue weighted by atomic mass is 16.5. The van der Waals surface area contributed by atoms with Crippen molar-refractivity contribution in [1.29, 1.82) is 0 Å². The monoisotopic (exact) mass is 285 g/mol. The third kappa shape index (κ3) is 3.40. The molecule has 0 atom stereocenters. The molecule has 4 nitrogen and oxygen atoms in total. The molecule has 4 heteroatoms. The molecule has 0 saturated carbocycles. The lowest BCUT2D eigenvalue weighted by atomic mass is 10.0. The number of pyridine rings is 1. The van der Waals surface area contributed by atoms with Crippen LogP contribution in [0, 0.1) is 13.8 Å². The molecule has 0 aliphatic rings. The van der Waals surface area contributed by atoms with Gasteiger partial charge in [-0.15, -0.1) is 0 Å². The van der Waals surface area contributed by atoms with E-state index in [4.69, 9.17) is 4.74 Å². The van der Waals surface area contributed by atoms with Crippen molar-refractivity contribution in [3.05, 3.63) is 52.8 Å². The van der Waals surface area contributed by atoms with E-state index in [1.165, 1.54) is 6.20 Å². The van der Waals surface area contributed by atoms with Gasteiger partial charge in [-0.2, -0.15) is 0 Å². The van der Waals surface area contributed by atoms with Crippen LogP contribution in [-0.2, 0) is 0 Å². The number of aromatic nitrogens is 1. The molecule has 1 N–H and O–H groups in total. The van der Waals surface area contributed by atoms with E-state index < -0.39 is 5.97 Å². The Kier molecular flexibility index (Phi) is 4.26. The second-order valence-electron chi connectivity index (χ2n) is 5.41. The first-order chi connectivity index (χ1) is 9.88. The summed E-state index contributed by atoms with van der Waals surface area (Å²) in [6.07, 6.45) is 1.33. The van der Waals surface area contributed by atoms with Crippen molar-refractivity contribution in [3.8, 4) is 11.5 Å². The van der Waals surface area contributed by atoms with Crippen LogP contribution in [0.2, 0.25) is 0 Å². The molecule has 2 rings (SSSR count). The number of carboxylic acids is 1. The minimum absolute atomic E-state index is 0.0648. The van der Waals surface area contributed by atoms with Crippen molar-refractivity contribution in [2.24, 2.45) is 0 Å². The number of aryl methyl sites for hydroxylation is 2. The summed E-state index contributed by atoms with van der Waals surface area (Å²) in [5.41, 5.74) is 2.89. The number of nitrogens with zero attached hydrogens (tertiary/aromatic N) is 1. The number of carbonyl (C=O) groups is 1. The molecule has 0 saturated heterocycles. The molecular weight excluding hydrogens is 266 g/mol. The van der Waals surface area contributed by atoms with Gasteiger partial charge in [-0.25, -0.2) is 4.79 Å². The summed E-state index contributed by atoms with van der Waals surface area (Å²) in [4.78, 5) is 15.3. The van der Waals surface area contributed by atoms with Gasteiger partial charge in [0.25, 0.3) is 0 Å². The predicted molar refractivity (Wildman–Crippen MR) is 81.3 cm³/mol. The molecule has 21 heavy (non-hydrogen) atoms. The van der Waals surface area contributed by atoms with Crippen molar-refractivity contribution < 1.29 is 14.6 Å². The maximum atomic E-state index is 11.3. The third-order valence-electron chi connectivity index (χ3n) is 3.33. The van der Waals surface area contributed by atoms with Gasteiger partial charge in [-0.05, 0) is 37.0 Å². The smallest absolute Gasteiger partial charge is 0.341 e. The van der Waals surface area contributed by atoms with Crippen LogP contribution in [0.4, 0.5) is 0 Å². The quantitative estimate of drug-likeness (QED) is 0.909. The Labute approximate surface area is 124 Å². The van der Waals surface area contributed by atoms with E-state index in [0.717, 1.165) is 11.1 Å². The van der Waals surface area contributed by atoms with Gasteiger partial charge in [0.2, 0.25) is 0 Å². The highest BCUT2D eigenvalue weighted by Gasteiger charge is 2.14. The van der Waals surface area contributed by atoms with Crippen LogP contribution in [-0.4, -0.2) is 16.1 Å². The summed E-state index contributed by atoms with van der Waals surface area (Å²) in [6.45, 7) is 7.95. The first-order valence-corrected chi connectivity index (χ1v) is 6.87. The molecule has 0 aliphatic carbocycles. The summed E-state index contributed by atoms with van der Waals surface area (Å²) in [5.74, 6) is 0.328. The molecule has 0 fully saturated rings. The van der Waals surface area contributed by atoms with Crippen molar-refractivity contribution in [2.75, 3.05) is 0 Å². The second kappa shape index (κ2) is 5.95. The lowest BCUT2D eigenvalue weighted by molar-refractivity contribution is 0.0693. The van der Waals surface area contributed by atoms with Crippen LogP contribution in [0.25, 0.3) is 0 Å². The van der Waals surface area contributed by atoms with E-state index >= 15 is 0 Å². The highest BCUT2D eigenvalue weighted by molar-refractivity contribution is 5.90. The lowest BCUT2D eigenvalue weighted by Crippen LogP contribution is -2.02. The van der Waals surface area contributed by atoms with E-state index in [1.54, 1.807) is 13.0 Å². The predicted octanol–water partition coefficient (Wildman–Crippen LogP) is 4.31. The van der Waals surface area contributed by atoms with Gasteiger partial charge >= 0.3 is 5.97 Å². The first-order valence-electron chi connectivity index (χ1n) is 6.87. The summed E-state index contributed by atoms with van der Waals surface area (Å²) in [5, 5.41) is 9.23. The van der Waals surface area contributed by atoms with Crippen LogP contribution < -0.4 is 4.74 Å². The van der Waals surface area contributed by atoms with Crippen LogP contribution in [0.5, 0.6) is 11.5 Å². The van der Waals surface area contributed by atoms with Crippen LogP contribution >= 0.6 is 0 Å². The van der Waals surface area contributed by atoms with Crippen molar-refractivity contribution in [2.45, 2.75) is 33.6 Å². The molecule has 0 spiro atoms. The second-order valence-corrected chi connectivity index (χ2v) is 5.41. The van der Waals surface area contributed by atoms with E-state index in [-0.39, 0.29) is 5.56 Å². The van der Waals surface area contributed by atoms with Gasteiger partial charge in [0.1, 0.15) is 17.1 Å². The zero-order chi connectivity index (χ0) is 15.6. The largest absolute Gasteiger partial charge is 0.477 e. The molecule has 0 bridgehead atoms. The van der Waals surface area contributed by atoms with E-state index in [0.29, 0.717) is 23.1 Å². The summed E-state index contributed by atoms with van der Waals surface area (Å²) in [6, 6.07) is 7.65. The summed E-state index contributed by atoms with van der Waals surface area (Å²) >= 11 is 0. The van der Waals surface area contributed by atoms with E-state index in [9.17, 15) is 9.90 Å². The van der Waals surface area contributed by atoms with Crippen molar-refractivity contribution in [3.63, 3.8) is 0 Å². The minimum Gasteiger partial charge on any atom is -0.477 e. The summed E-state index contributed by atoms with van der Waals surface area (Å²) < 4.78 is 5.85. The Morgan fingerprint density at radius 2 is 1.90 bits per heavy atom. The summed E-state index contributed by atoms with van der Waals surface area (Å²) in [7, 11) is 0. The maximum absolute atomic E-state index is 11.3. The van der Waals surface area contributed by atoms with Gasteiger partial charge in [0.05, 0.1) is 0 Å². The molecule has 1 heterocycles. The number of benzene rings is 1. The fourth-order valence-electron chi connectivity index (χ4n) is 1.98.